The molecule has 0 spiro atoms. The first-order valence-corrected chi connectivity index (χ1v) is 9.58. The van der Waals surface area contributed by atoms with Gasteiger partial charge in [0.15, 0.2) is 0 Å². The molecule has 0 aliphatic rings. The van der Waals surface area contributed by atoms with Crippen molar-refractivity contribution in [2.75, 3.05) is 19.0 Å². The zero-order valence-electron chi connectivity index (χ0n) is 14.7. The van der Waals surface area contributed by atoms with Crippen molar-refractivity contribution in [3.8, 4) is 5.75 Å². The second kappa shape index (κ2) is 8.79. The first-order valence-electron chi connectivity index (χ1n) is 8.04. The van der Waals surface area contributed by atoms with E-state index in [4.69, 9.17) is 14.6 Å². The summed E-state index contributed by atoms with van der Waals surface area (Å²) >= 11 is 0. The zero-order chi connectivity index (χ0) is 19.2. The van der Waals surface area contributed by atoms with E-state index in [1.54, 1.807) is 25.3 Å². The summed E-state index contributed by atoms with van der Waals surface area (Å²) in [6.45, 7) is 2.99. The third kappa shape index (κ3) is 5.29. The first kappa shape index (κ1) is 19.9. The molecule has 1 amide bonds. The maximum atomic E-state index is 12.4. The molecule has 0 saturated heterocycles. The molecule has 26 heavy (non-hydrogen) atoms. The van der Waals surface area contributed by atoms with Crippen molar-refractivity contribution in [3.05, 3.63) is 53.6 Å². The van der Waals surface area contributed by atoms with Gasteiger partial charge in [0.05, 0.1) is 18.6 Å². The molecule has 0 atom stereocenters. The molecule has 7 nitrogen and oxygen atoms in total. The molecule has 0 heterocycles. The molecule has 0 saturated carbocycles. The minimum absolute atomic E-state index is 0.0182. The molecule has 0 fully saturated rings. The highest BCUT2D eigenvalue weighted by atomic mass is 32.2. The van der Waals surface area contributed by atoms with Gasteiger partial charge in [-0.2, -0.15) is 0 Å². The Morgan fingerprint density at radius 1 is 1.15 bits per heavy atom. The number of hydrogen-bond acceptors (Lipinski definition) is 5. The Morgan fingerprint density at radius 3 is 2.42 bits per heavy atom. The van der Waals surface area contributed by atoms with Gasteiger partial charge in [-0.3, -0.25) is 4.79 Å². The Balaban J connectivity index is 2.14. The number of nitrogens with one attached hydrogen (secondary N) is 1. The van der Waals surface area contributed by atoms with Gasteiger partial charge < -0.3 is 14.8 Å². The summed E-state index contributed by atoms with van der Waals surface area (Å²) in [6, 6.07) is 10.7. The van der Waals surface area contributed by atoms with Crippen molar-refractivity contribution in [3.63, 3.8) is 0 Å². The largest absolute Gasteiger partial charge is 0.496 e. The molecule has 0 radical (unpaired) electrons. The summed E-state index contributed by atoms with van der Waals surface area (Å²) < 4.78 is 33.3. The second-order valence-electron chi connectivity index (χ2n) is 5.60. The van der Waals surface area contributed by atoms with E-state index in [1.165, 1.54) is 24.3 Å². The lowest BCUT2D eigenvalue weighted by Crippen LogP contribution is -2.14. The highest BCUT2D eigenvalue weighted by Gasteiger charge is 2.12. The van der Waals surface area contributed by atoms with E-state index in [0.29, 0.717) is 30.2 Å². The summed E-state index contributed by atoms with van der Waals surface area (Å²) in [5, 5.41) is 7.77. The van der Waals surface area contributed by atoms with Crippen LogP contribution in [0.3, 0.4) is 0 Å². The van der Waals surface area contributed by atoms with Crippen LogP contribution in [0.5, 0.6) is 5.75 Å². The number of anilines is 1. The number of sulfonamides is 1. The zero-order valence-corrected chi connectivity index (χ0v) is 15.5. The van der Waals surface area contributed by atoms with E-state index < -0.39 is 10.0 Å². The van der Waals surface area contributed by atoms with Gasteiger partial charge in [-0.05, 0) is 48.9 Å². The highest BCUT2D eigenvalue weighted by Crippen LogP contribution is 2.22. The molecule has 2 aromatic rings. The lowest BCUT2D eigenvalue weighted by molar-refractivity contribution is 0.102. The third-order valence-corrected chi connectivity index (χ3v) is 4.52. The highest BCUT2D eigenvalue weighted by molar-refractivity contribution is 7.89. The molecule has 0 aromatic heterocycles. The Hall–Kier alpha value is -2.42. The minimum Gasteiger partial charge on any atom is -0.496 e. The summed E-state index contributed by atoms with van der Waals surface area (Å²) in [5.41, 5.74) is 1.68. The van der Waals surface area contributed by atoms with Crippen molar-refractivity contribution in [2.24, 2.45) is 5.14 Å². The summed E-state index contributed by atoms with van der Waals surface area (Å²) in [4.78, 5) is 12.4. The summed E-state index contributed by atoms with van der Waals surface area (Å²) in [5.74, 6) is 0.322. The average molecular weight is 378 g/mol. The average Bonchev–Trinajstić information content (AvgIpc) is 2.61. The third-order valence-electron chi connectivity index (χ3n) is 3.59. The van der Waals surface area contributed by atoms with Crippen LogP contribution < -0.4 is 15.2 Å². The number of rotatable bonds is 8. The Labute approximate surface area is 153 Å². The SMILES string of the molecule is CCCOCc1cc(C(=O)Nc2ccc(S(N)(=O)=O)cc2)ccc1OC. The van der Waals surface area contributed by atoms with E-state index in [1.807, 2.05) is 6.92 Å². The van der Waals surface area contributed by atoms with E-state index >= 15 is 0 Å². The molecular formula is C18H22N2O5S. The lowest BCUT2D eigenvalue weighted by atomic mass is 10.1. The maximum Gasteiger partial charge on any atom is 0.255 e. The van der Waals surface area contributed by atoms with Crippen molar-refractivity contribution in [1.82, 2.24) is 0 Å². The number of nitrogens with two attached hydrogens (primary N) is 1. The molecule has 0 aliphatic carbocycles. The van der Waals surface area contributed by atoms with Gasteiger partial charge in [0, 0.05) is 23.4 Å². The number of carbonyl (C=O) groups is 1. The van der Waals surface area contributed by atoms with Gasteiger partial charge in [0.2, 0.25) is 10.0 Å². The number of primary sulfonamides is 1. The fourth-order valence-corrected chi connectivity index (χ4v) is 2.81. The fourth-order valence-electron chi connectivity index (χ4n) is 2.29. The molecule has 0 aliphatic heterocycles. The van der Waals surface area contributed by atoms with Gasteiger partial charge in [0.1, 0.15) is 5.75 Å². The second-order valence-corrected chi connectivity index (χ2v) is 7.16. The van der Waals surface area contributed by atoms with E-state index in [2.05, 4.69) is 5.32 Å². The van der Waals surface area contributed by atoms with Gasteiger partial charge in [-0.1, -0.05) is 6.92 Å². The summed E-state index contributed by atoms with van der Waals surface area (Å²) in [6.07, 6.45) is 0.900. The molecular weight excluding hydrogens is 356 g/mol. The van der Waals surface area contributed by atoms with Crippen LogP contribution in [0.1, 0.15) is 29.3 Å². The number of amides is 1. The quantitative estimate of drug-likeness (QED) is 0.686. The van der Waals surface area contributed by atoms with Crippen LogP contribution in [0.25, 0.3) is 0 Å². The van der Waals surface area contributed by atoms with Crippen LogP contribution in [-0.2, 0) is 21.4 Å². The Morgan fingerprint density at radius 2 is 1.85 bits per heavy atom. The lowest BCUT2D eigenvalue weighted by Gasteiger charge is -2.12. The number of carbonyl (C=O) groups excluding carboxylic acids is 1. The smallest absolute Gasteiger partial charge is 0.255 e. The van der Waals surface area contributed by atoms with Crippen molar-refractivity contribution < 1.29 is 22.7 Å². The van der Waals surface area contributed by atoms with Gasteiger partial charge in [0.25, 0.3) is 5.91 Å². The number of methoxy groups -OCH3 is 1. The topological polar surface area (TPSA) is 108 Å². The monoisotopic (exact) mass is 378 g/mol. The van der Waals surface area contributed by atoms with Crippen molar-refractivity contribution >= 4 is 21.6 Å². The molecule has 3 N–H and O–H groups in total. The van der Waals surface area contributed by atoms with Crippen LogP contribution in [0.15, 0.2) is 47.4 Å². The normalized spacial score (nSPS) is 11.2. The predicted octanol–water partition coefficient (Wildman–Crippen LogP) is 2.52. The summed E-state index contributed by atoms with van der Waals surface area (Å²) in [7, 11) is -2.20. The molecule has 8 heteroatoms. The van der Waals surface area contributed by atoms with E-state index in [9.17, 15) is 13.2 Å². The van der Waals surface area contributed by atoms with Crippen molar-refractivity contribution in [2.45, 2.75) is 24.8 Å². The number of ether oxygens (including phenoxy) is 2. The molecule has 0 bridgehead atoms. The van der Waals surface area contributed by atoms with Crippen LogP contribution in [-0.4, -0.2) is 28.0 Å². The van der Waals surface area contributed by atoms with E-state index in [0.717, 1.165) is 12.0 Å². The number of hydrogen-bond donors (Lipinski definition) is 2. The van der Waals surface area contributed by atoms with Gasteiger partial charge in [-0.25, -0.2) is 13.6 Å². The van der Waals surface area contributed by atoms with Crippen LogP contribution in [0.2, 0.25) is 0 Å². The maximum absolute atomic E-state index is 12.4. The Kier molecular flexibility index (Phi) is 6.73. The molecule has 140 valence electrons. The fraction of sp³-hybridized carbons (Fsp3) is 0.278. The predicted molar refractivity (Wildman–Crippen MR) is 98.7 cm³/mol. The van der Waals surface area contributed by atoms with E-state index in [-0.39, 0.29) is 10.8 Å². The first-order chi connectivity index (χ1) is 12.3. The molecule has 0 unspecified atom stereocenters. The van der Waals surface area contributed by atoms with Crippen LogP contribution in [0.4, 0.5) is 5.69 Å². The standard InChI is InChI=1S/C18H22N2O5S/c1-3-10-25-12-14-11-13(4-9-17(14)24-2)18(21)20-15-5-7-16(8-6-15)26(19,22)23/h4-9,11H,3,10,12H2,1-2H3,(H,20,21)(H2,19,22,23). The van der Waals surface area contributed by atoms with Crippen LogP contribution in [0, 0.1) is 0 Å². The Bertz CT molecular complexity index is 864. The van der Waals surface area contributed by atoms with Crippen LogP contribution >= 0.6 is 0 Å². The molecule has 2 rings (SSSR count). The molecule has 2 aromatic carbocycles. The minimum atomic E-state index is -3.77. The number of benzene rings is 2. The van der Waals surface area contributed by atoms with Gasteiger partial charge >= 0.3 is 0 Å². The van der Waals surface area contributed by atoms with Crippen molar-refractivity contribution in [1.29, 1.82) is 0 Å². The van der Waals surface area contributed by atoms with Gasteiger partial charge in [-0.15, -0.1) is 0 Å².